The maximum atomic E-state index is 13.4. The molecule has 0 fully saturated rings. The molecule has 18 heavy (non-hydrogen) atoms. The van der Waals surface area contributed by atoms with Crippen LogP contribution in [0.3, 0.4) is 0 Å². The average Bonchev–Trinajstić information content (AvgIpc) is 2.41. The summed E-state index contributed by atoms with van der Waals surface area (Å²) in [5.41, 5.74) is 1.52. The van der Waals surface area contributed by atoms with Crippen molar-refractivity contribution in [3.8, 4) is 11.4 Å². The van der Waals surface area contributed by atoms with Crippen molar-refractivity contribution >= 4 is 17.4 Å². The molecule has 5 heteroatoms. The minimum absolute atomic E-state index is 0.0965. The molecule has 0 bridgehead atoms. The minimum atomic E-state index is -0.467. The summed E-state index contributed by atoms with van der Waals surface area (Å²) < 4.78 is 13.4. The molecule has 0 radical (unpaired) electrons. The lowest BCUT2D eigenvalue weighted by Gasteiger charge is -2.07. The Labute approximate surface area is 110 Å². The maximum absolute atomic E-state index is 13.4. The summed E-state index contributed by atoms with van der Waals surface area (Å²) in [6.07, 6.45) is 0.792. The smallest absolute Gasteiger partial charge is 0.161 e. The summed E-state index contributed by atoms with van der Waals surface area (Å²) in [7, 11) is 1.79. The van der Waals surface area contributed by atoms with Crippen LogP contribution in [0.25, 0.3) is 11.4 Å². The van der Waals surface area contributed by atoms with E-state index < -0.39 is 5.82 Å². The van der Waals surface area contributed by atoms with Crippen LogP contribution in [0.2, 0.25) is 5.02 Å². The third-order valence-corrected chi connectivity index (χ3v) is 2.88. The summed E-state index contributed by atoms with van der Waals surface area (Å²) in [6.45, 7) is 2.01. The lowest BCUT2D eigenvalue weighted by molar-refractivity contribution is 0.628. The van der Waals surface area contributed by atoms with Crippen LogP contribution in [0.15, 0.2) is 24.3 Å². The largest absolute Gasteiger partial charge is 0.373 e. The zero-order valence-electron chi connectivity index (χ0n) is 10.2. The number of nitrogens with zero attached hydrogens (tertiary/aromatic N) is 2. The van der Waals surface area contributed by atoms with Gasteiger partial charge in [0.25, 0.3) is 0 Å². The molecular weight excluding hydrogens is 253 g/mol. The number of anilines is 1. The Balaban J connectivity index is 2.51. The average molecular weight is 266 g/mol. The molecule has 3 nitrogen and oxygen atoms in total. The number of benzene rings is 1. The predicted octanol–water partition coefficient (Wildman–Crippen LogP) is 3.54. The highest BCUT2D eigenvalue weighted by Gasteiger charge is 2.08. The van der Waals surface area contributed by atoms with Crippen molar-refractivity contribution in [2.24, 2.45) is 0 Å². The predicted molar refractivity (Wildman–Crippen MR) is 71.4 cm³/mol. The Morgan fingerprint density at radius 1 is 1.28 bits per heavy atom. The first kappa shape index (κ1) is 12.8. The summed E-state index contributed by atoms with van der Waals surface area (Å²) in [5.74, 6) is 0.743. The lowest BCUT2D eigenvalue weighted by atomic mass is 10.2. The molecule has 0 saturated carbocycles. The van der Waals surface area contributed by atoms with Crippen molar-refractivity contribution in [2.45, 2.75) is 13.3 Å². The van der Waals surface area contributed by atoms with Gasteiger partial charge in [0.15, 0.2) is 5.82 Å². The topological polar surface area (TPSA) is 37.8 Å². The Bertz CT molecular complexity index is 550. The molecule has 94 valence electrons. The Hall–Kier alpha value is -1.68. The molecule has 0 amide bonds. The van der Waals surface area contributed by atoms with Gasteiger partial charge >= 0.3 is 0 Å². The van der Waals surface area contributed by atoms with Gasteiger partial charge in [-0.3, -0.25) is 0 Å². The van der Waals surface area contributed by atoms with E-state index in [-0.39, 0.29) is 5.02 Å². The molecule has 2 aromatic rings. The monoisotopic (exact) mass is 265 g/mol. The standard InChI is InChI=1S/C13H13ClFN3/c1-3-9-7-12(16-2)18-13(17-9)8-4-5-10(14)11(15)6-8/h4-7H,3H2,1-2H3,(H,16,17,18). The van der Waals surface area contributed by atoms with Gasteiger partial charge < -0.3 is 5.32 Å². The van der Waals surface area contributed by atoms with Gasteiger partial charge in [0.05, 0.1) is 5.02 Å². The summed E-state index contributed by atoms with van der Waals surface area (Å²) >= 11 is 5.66. The zero-order valence-corrected chi connectivity index (χ0v) is 10.9. The fourth-order valence-corrected chi connectivity index (χ4v) is 1.69. The molecule has 0 saturated heterocycles. The van der Waals surface area contributed by atoms with E-state index in [1.807, 2.05) is 13.0 Å². The molecule has 1 N–H and O–H groups in total. The summed E-state index contributed by atoms with van der Waals surface area (Å²) in [5, 5.41) is 3.06. The number of nitrogens with one attached hydrogen (secondary N) is 1. The Morgan fingerprint density at radius 3 is 2.67 bits per heavy atom. The zero-order chi connectivity index (χ0) is 13.1. The third kappa shape index (κ3) is 2.59. The first-order chi connectivity index (χ1) is 8.63. The summed E-state index contributed by atoms with van der Waals surface area (Å²) in [6, 6.07) is 6.43. The summed E-state index contributed by atoms with van der Waals surface area (Å²) in [4.78, 5) is 8.69. The molecule has 0 unspecified atom stereocenters. The van der Waals surface area contributed by atoms with Crippen LogP contribution in [-0.2, 0) is 6.42 Å². The molecule has 0 aliphatic heterocycles. The molecule has 1 aromatic carbocycles. The van der Waals surface area contributed by atoms with Gasteiger partial charge in [-0.1, -0.05) is 18.5 Å². The van der Waals surface area contributed by atoms with Gasteiger partial charge in [-0.2, -0.15) is 0 Å². The second kappa shape index (κ2) is 5.31. The van der Waals surface area contributed by atoms with Crippen molar-refractivity contribution < 1.29 is 4.39 Å². The highest BCUT2D eigenvalue weighted by Crippen LogP contribution is 2.23. The van der Waals surface area contributed by atoms with Crippen LogP contribution in [0.1, 0.15) is 12.6 Å². The molecule has 2 rings (SSSR count). The van der Waals surface area contributed by atoms with E-state index >= 15 is 0 Å². The van der Waals surface area contributed by atoms with E-state index in [0.717, 1.165) is 12.1 Å². The SMILES string of the molecule is CCc1cc(NC)nc(-c2ccc(Cl)c(F)c2)n1. The fourth-order valence-electron chi connectivity index (χ4n) is 1.57. The van der Waals surface area contributed by atoms with Crippen molar-refractivity contribution in [3.05, 3.63) is 40.8 Å². The Kier molecular flexibility index (Phi) is 3.77. The molecule has 0 spiro atoms. The second-order valence-corrected chi connectivity index (χ2v) is 4.21. The maximum Gasteiger partial charge on any atom is 0.161 e. The third-order valence-electron chi connectivity index (χ3n) is 2.58. The molecular formula is C13H13ClFN3. The van der Waals surface area contributed by atoms with E-state index in [4.69, 9.17) is 11.6 Å². The van der Waals surface area contributed by atoms with Crippen LogP contribution < -0.4 is 5.32 Å². The van der Waals surface area contributed by atoms with E-state index in [0.29, 0.717) is 17.2 Å². The van der Waals surface area contributed by atoms with Crippen LogP contribution in [0.4, 0.5) is 10.2 Å². The number of rotatable bonds is 3. The van der Waals surface area contributed by atoms with Gasteiger partial charge in [-0.15, -0.1) is 0 Å². The second-order valence-electron chi connectivity index (χ2n) is 3.80. The van der Waals surface area contributed by atoms with Crippen LogP contribution >= 0.6 is 11.6 Å². The Morgan fingerprint density at radius 2 is 2.06 bits per heavy atom. The van der Waals surface area contributed by atoms with E-state index in [1.165, 1.54) is 12.1 Å². The lowest BCUT2D eigenvalue weighted by Crippen LogP contribution is -2.00. The molecule has 1 heterocycles. The van der Waals surface area contributed by atoms with E-state index in [9.17, 15) is 4.39 Å². The van der Waals surface area contributed by atoms with Crippen molar-refractivity contribution in [3.63, 3.8) is 0 Å². The molecule has 1 aromatic heterocycles. The van der Waals surface area contributed by atoms with Gasteiger partial charge in [0.2, 0.25) is 0 Å². The fraction of sp³-hybridized carbons (Fsp3) is 0.231. The van der Waals surface area contributed by atoms with E-state index in [2.05, 4.69) is 15.3 Å². The van der Waals surface area contributed by atoms with Gasteiger partial charge in [0, 0.05) is 24.4 Å². The van der Waals surface area contributed by atoms with Crippen molar-refractivity contribution in [1.82, 2.24) is 9.97 Å². The van der Waals surface area contributed by atoms with Gasteiger partial charge in [-0.05, 0) is 24.6 Å². The first-order valence-corrected chi connectivity index (χ1v) is 6.03. The molecule has 0 atom stereocenters. The van der Waals surface area contributed by atoms with Crippen LogP contribution in [-0.4, -0.2) is 17.0 Å². The van der Waals surface area contributed by atoms with Crippen LogP contribution in [0, 0.1) is 5.82 Å². The number of halogens is 2. The minimum Gasteiger partial charge on any atom is -0.373 e. The number of aryl methyl sites for hydroxylation is 1. The first-order valence-electron chi connectivity index (χ1n) is 5.65. The molecule has 0 aliphatic rings. The number of hydrogen-bond acceptors (Lipinski definition) is 3. The number of aromatic nitrogens is 2. The number of hydrogen-bond donors (Lipinski definition) is 1. The quantitative estimate of drug-likeness (QED) is 0.922. The normalized spacial score (nSPS) is 10.4. The van der Waals surface area contributed by atoms with Crippen LogP contribution in [0.5, 0.6) is 0 Å². The van der Waals surface area contributed by atoms with E-state index in [1.54, 1.807) is 13.1 Å². The highest BCUT2D eigenvalue weighted by atomic mass is 35.5. The highest BCUT2D eigenvalue weighted by molar-refractivity contribution is 6.30. The van der Waals surface area contributed by atoms with Crippen molar-refractivity contribution in [2.75, 3.05) is 12.4 Å². The van der Waals surface area contributed by atoms with Gasteiger partial charge in [-0.25, -0.2) is 14.4 Å². The van der Waals surface area contributed by atoms with Crippen molar-refractivity contribution in [1.29, 1.82) is 0 Å². The van der Waals surface area contributed by atoms with Gasteiger partial charge in [0.1, 0.15) is 11.6 Å². The molecule has 0 aliphatic carbocycles.